The molecule has 2 saturated heterocycles. The van der Waals surface area contributed by atoms with E-state index in [0.717, 1.165) is 22.2 Å². The lowest BCUT2D eigenvalue weighted by atomic mass is 9.49. The van der Waals surface area contributed by atoms with Crippen LogP contribution >= 0.6 is 34.8 Å². The fourth-order valence-corrected chi connectivity index (χ4v) is 9.82. The Balaban J connectivity index is 1.30. The van der Waals surface area contributed by atoms with E-state index in [0.29, 0.717) is 28.0 Å². The summed E-state index contributed by atoms with van der Waals surface area (Å²) >= 11 is 18.9. The molecule has 2 aliphatic carbocycles. The number of aromatic hydroxyl groups is 1. The number of anilines is 2. The lowest BCUT2D eigenvalue weighted by molar-refractivity contribution is -0.142. The highest BCUT2D eigenvalue weighted by molar-refractivity contribution is 6.36. The molecule has 300 valence electrons. The number of hydrogen-bond acceptors (Lipinski definition) is 9. The Morgan fingerprint density at radius 3 is 2.33 bits per heavy atom. The molecule has 2 N–H and O–H groups in total. The van der Waals surface area contributed by atoms with E-state index in [2.05, 4.69) is 10.4 Å². The van der Waals surface area contributed by atoms with Gasteiger partial charge < -0.3 is 9.84 Å². The second-order valence-electron chi connectivity index (χ2n) is 14.4. The number of carbonyl (C=O) groups excluding carboxylic acids is 4. The number of fused-ring (bicyclic) bond motifs is 4. The highest BCUT2D eigenvalue weighted by atomic mass is 35.5. The van der Waals surface area contributed by atoms with Gasteiger partial charge in [-0.2, -0.15) is 23.2 Å². The Kier molecular flexibility index (Phi) is 9.64. The van der Waals surface area contributed by atoms with Crippen LogP contribution in [0.5, 0.6) is 11.5 Å². The number of hydrogen-bond donors (Lipinski definition) is 2. The molecule has 2 aliphatic heterocycles. The fourth-order valence-electron chi connectivity index (χ4n) is 9.14. The van der Waals surface area contributed by atoms with Gasteiger partial charge in [0, 0.05) is 23.6 Å². The number of amides is 4. The van der Waals surface area contributed by atoms with Gasteiger partial charge in [0.25, 0.3) is 23.6 Å². The average Bonchev–Trinajstić information content (AvgIpc) is 3.57. The molecular formula is C40H30Cl3F4N5O6. The summed E-state index contributed by atoms with van der Waals surface area (Å²) in [6.07, 6.45) is -3.48. The number of pyridine rings is 1. The number of aromatic nitrogens is 1. The molecule has 0 bridgehead atoms. The van der Waals surface area contributed by atoms with Crippen molar-refractivity contribution in [2.75, 3.05) is 24.6 Å². The van der Waals surface area contributed by atoms with Crippen LogP contribution in [0, 0.1) is 29.5 Å². The third-order valence-electron chi connectivity index (χ3n) is 11.6. The van der Waals surface area contributed by atoms with Crippen molar-refractivity contribution in [3.63, 3.8) is 0 Å². The van der Waals surface area contributed by atoms with Crippen LogP contribution in [0.1, 0.15) is 35.6 Å². The van der Waals surface area contributed by atoms with Gasteiger partial charge in [-0.05, 0) is 72.9 Å². The number of benzene rings is 3. The van der Waals surface area contributed by atoms with Gasteiger partial charge in [-0.15, -0.1) is 0 Å². The number of ether oxygens (including phenoxy) is 1. The van der Waals surface area contributed by atoms with Crippen molar-refractivity contribution in [1.29, 1.82) is 0 Å². The first-order valence-corrected chi connectivity index (χ1v) is 18.9. The predicted octanol–water partition coefficient (Wildman–Crippen LogP) is 7.95. The van der Waals surface area contributed by atoms with Crippen molar-refractivity contribution >= 4 is 69.9 Å². The number of nitrogens with one attached hydrogen (secondary N) is 1. The highest BCUT2D eigenvalue weighted by Gasteiger charge is 2.71. The number of rotatable bonds is 7. The van der Waals surface area contributed by atoms with E-state index >= 15 is 9.18 Å². The van der Waals surface area contributed by atoms with Crippen molar-refractivity contribution in [3.05, 3.63) is 122 Å². The van der Waals surface area contributed by atoms with Gasteiger partial charge in [-0.25, -0.2) is 9.37 Å². The quantitative estimate of drug-likeness (QED) is 0.108. The molecule has 0 unspecified atom stereocenters. The minimum absolute atomic E-state index is 0.0616. The smallest absolute Gasteiger partial charge is 0.433 e. The number of alkyl halides is 3. The number of phenols is 1. The van der Waals surface area contributed by atoms with E-state index in [9.17, 15) is 32.7 Å². The molecule has 4 aliphatic rings. The predicted molar refractivity (Wildman–Crippen MR) is 203 cm³/mol. The van der Waals surface area contributed by atoms with Gasteiger partial charge in [-0.3, -0.25) is 29.6 Å². The summed E-state index contributed by atoms with van der Waals surface area (Å²) in [5.41, 5.74) is 0.408. The maximum atomic E-state index is 15.4. The van der Waals surface area contributed by atoms with Crippen molar-refractivity contribution in [2.45, 2.75) is 30.4 Å². The van der Waals surface area contributed by atoms with Gasteiger partial charge in [0.05, 0.1) is 46.0 Å². The number of allylic oxidation sites excluding steroid dienone is 2. The molecular weight excluding hydrogens is 829 g/mol. The number of para-hydroxylation sites is 1. The van der Waals surface area contributed by atoms with Crippen LogP contribution in [0.3, 0.4) is 0 Å². The Morgan fingerprint density at radius 2 is 1.66 bits per heavy atom. The van der Waals surface area contributed by atoms with Crippen molar-refractivity contribution in [1.82, 2.24) is 15.0 Å². The topological polar surface area (TPSA) is 132 Å². The standard InChI is InChI=1S/C40H30Cl3F4N5O6/c1-50(34-26(42)13-15-30(48-34)40(45,46)47)52-35(54)22-12-11-21-24(31(22)37(52)56)17-25-36(55)51(49-29-14-8-19(41)16-27(29)43)38(57)39(25,18-6-9-20(58-2)10-7-18)32(21)23-4-3-5-28(44)33(23)53/h3-11,13-16,22,24-25,31-32,49,53H,12,17H2,1-2H3/t22-,24+,25-,31-,32+,39+/m0/s1. The number of halogens is 7. The maximum Gasteiger partial charge on any atom is 0.433 e. The minimum Gasteiger partial charge on any atom is -0.505 e. The number of nitrogens with zero attached hydrogens (tertiary/aromatic N) is 4. The zero-order valence-electron chi connectivity index (χ0n) is 30.2. The number of imide groups is 2. The van der Waals surface area contributed by atoms with E-state index < -0.39 is 87.9 Å². The molecule has 0 radical (unpaired) electrons. The second kappa shape index (κ2) is 14.2. The van der Waals surface area contributed by atoms with Crippen molar-refractivity contribution < 1.29 is 46.6 Å². The summed E-state index contributed by atoms with van der Waals surface area (Å²) in [6.45, 7) is 0. The van der Waals surface area contributed by atoms with E-state index in [-0.39, 0.29) is 39.2 Å². The van der Waals surface area contributed by atoms with Crippen LogP contribution in [0.4, 0.5) is 29.1 Å². The Hall–Kier alpha value is -5.38. The highest BCUT2D eigenvalue weighted by Crippen LogP contribution is 2.65. The molecule has 4 amide bonds. The van der Waals surface area contributed by atoms with E-state index in [1.165, 1.54) is 44.5 Å². The summed E-state index contributed by atoms with van der Waals surface area (Å²) < 4.78 is 61.9. The number of hydrazine groups is 2. The molecule has 58 heavy (non-hydrogen) atoms. The second-order valence-corrected chi connectivity index (χ2v) is 15.7. The van der Waals surface area contributed by atoms with Gasteiger partial charge in [0.2, 0.25) is 0 Å². The van der Waals surface area contributed by atoms with Gasteiger partial charge >= 0.3 is 6.18 Å². The molecule has 0 spiro atoms. The van der Waals surface area contributed by atoms with E-state index in [4.69, 9.17) is 39.5 Å². The fraction of sp³-hybridized carbons (Fsp3) is 0.275. The van der Waals surface area contributed by atoms with Crippen molar-refractivity contribution in [3.8, 4) is 11.5 Å². The lowest BCUT2D eigenvalue weighted by Crippen LogP contribution is -2.53. The number of phenolic OH excluding ortho intramolecular Hbond substituents is 1. The van der Waals surface area contributed by atoms with Crippen molar-refractivity contribution in [2.24, 2.45) is 23.7 Å². The normalized spacial score (nSPS) is 25.3. The average molecular weight is 859 g/mol. The van der Waals surface area contributed by atoms with E-state index in [1.54, 1.807) is 30.3 Å². The van der Waals surface area contributed by atoms with Crippen LogP contribution in [0.25, 0.3) is 0 Å². The molecule has 1 aromatic heterocycles. The van der Waals surface area contributed by atoms with Gasteiger partial charge in [-0.1, -0.05) is 70.7 Å². The SMILES string of the molecule is COc1ccc([C@@]23C(=O)N(Nc4ccc(Cl)cc4Cl)C(=O)[C@@H]2C[C@@H]2C(=CC[C@@H]4C(=O)N(N(C)c5nc(C(F)(F)F)ccc5Cl)C(=O)[C@@H]42)[C@@H]3c2cccc(F)c2O)cc1. The van der Waals surface area contributed by atoms with E-state index in [1.807, 2.05) is 0 Å². The minimum atomic E-state index is -4.87. The molecule has 4 aromatic rings. The third-order valence-corrected chi connectivity index (χ3v) is 12.5. The first-order valence-electron chi connectivity index (χ1n) is 17.8. The number of methoxy groups -OCH3 is 1. The summed E-state index contributed by atoms with van der Waals surface area (Å²) in [7, 11) is 2.63. The number of carbonyl (C=O) groups is 4. The van der Waals surface area contributed by atoms with Gasteiger partial charge in [0.1, 0.15) is 11.4 Å². The largest absolute Gasteiger partial charge is 0.505 e. The molecule has 1 saturated carbocycles. The third kappa shape index (κ3) is 5.88. The summed E-state index contributed by atoms with van der Waals surface area (Å²) in [6, 6.07) is 16.2. The van der Waals surface area contributed by atoms with Crippen LogP contribution in [-0.2, 0) is 30.8 Å². The summed E-state index contributed by atoms with van der Waals surface area (Å²) in [4.78, 5) is 62.6. The summed E-state index contributed by atoms with van der Waals surface area (Å²) in [5, 5.41) is 13.9. The van der Waals surface area contributed by atoms with Crippen LogP contribution in [0.15, 0.2) is 84.4 Å². The molecule has 3 aromatic carbocycles. The zero-order chi connectivity index (χ0) is 41.6. The van der Waals surface area contributed by atoms with Crippen LogP contribution in [0.2, 0.25) is 15.1 Å². The summed E-state index contributed by atoms with van der Waals surface area (Å²) in [5.74, 6) is -10.9. The monoisotopic (exact) mass is 857 g/mol. The molecule has 18 heteroatoms. The maximum absolute atomic E-state index is 15.4. The van der Waals surface area contributed by atoms with Crippen LogP contribution in [-0.4, -0.2) is 57.9 Å². The molecule has 8 rings (SSSR count). The Morgan fingerprint density at radius 1 is 0.931 bits per heavy atom. The molecule has 11 nitrogen and oxygen atoms in total. The molecule has 3 fully saturated rings. The lowest BCUT2D eigenvalue weighted by Gasteiger charge is -2.50. The Bertz CT molecular complexity index is 2450. The first-order chi connectivity index (χ1) is 27.5. The van der Waals surface area contributed by atoms with Crippen LogP contribution < -0.4 is 15.2 Å². The molecule has 6 atom stereocenters. The Labute approximate surface area is 342 Å². The zero-order valence-corrected chi connectivity index (χ0v) is 32.5. The molecule has 3 heterocycles. The van der Waals surface area contributed by atoms with Gasteiger partial charge in [0.15, 0.2) is 17.4 Å². The first kappa shape index (κ1) is 39.4.